The first kappa shape index (κ1) is 20.2. The number of hydrogen-bond acceptors (Lipinski definition) is 4. The van der Waals surface area contributed by atoms with Crippen molar-refractivity contribution in [1.29, 1.82) is 0 Å². The SMILES string of the molecule is CCN(C)C.CCN(C)C.c1ccc(-c2ccccn2)nc1. The summed E-state index contributed by atoms with van der Waals surface area (Å²) in [5, 5.41) is 0. The third-order valence-electron chi connectivity index (χ3n) is 2.86. The second-order valence-electron chi connectivity index (χ2n) is 5.22. The molecule has 2 heterocycles. The minimum Gasteiger partial charge on any atom is -0.310 e. The normalized spacial score (nSPS) is 9.64. The summed E-state index contributed by atoms with van der Waals surface area (Å²) in [6.45, 7) is 6.53. The Kier molecular flexibility index (Phi) is 11.9. The van der Waals surface area contributed by atoms with Gasteiger partial charge in [0.15, 0.2) is 0 Å². The average molecular weight is 302 g/mol. The zero-order chi connectivity index (χ0) is 16.8. The molecule has 0 spiro atoms. The predicted molar refractivity (Wildman–Crippen MR) is 95.9 cm³/mol. The van der Waals surface area contributed by atoms with Gasteiger partial charge in [-0.25, -0.2) is 0 Å². The van der Waals surface area contributed by atoms with Crippen molar-refractivity contribution >= 4 is 0 Å². The Hall–Kier alpha value is -1.78. The molecule has 4 heteroatoms. The Bertz CT molecular complexity index is 410. The molecular weight excluding hydrogens is 272 g/mol. The van der Waals surface area contributed by atoms with Gasteiger partial charge in [-0.15, -0.1) is 0 Å². The second-order valence-corrected chi connectivity index (χ2v) is 5.22. The minimum atomic E-state index is 0.915. The van der Waals surface area contributed by atoms with Gasteiger partial charge in [0.05, 0.1) is 11.4 Å². The lowest BCUT2D eigenvalue weighted by molar-refractivity contribution is 0.434. The molecule has 0 aliphatic heterocycles. The Morgan fingerprint density at radius 1 is 0.682 bits per heavy atom. The van der Waals surface area contributed by atoms with Crippen LogP contribution in [-0.4, -0.2) is 61.0 Å². The fourth-order valence-electron chi connectivity index (χ4n) is 1.03. The highest BCUT2D eigenvalue weighted by Gasteiger charge is 1.95. The highest BCUT2D eigenvalue weighted by atomic mass is 15.0. The standard InChI is InChI=1S/C10H8N2.2C4H11N/c1-3-7-11-9(5-1)10-6-2-4-8-12-10;2*1-4-5(2)3/h1-8H;2*4H2,1-3H3. The van der Waals surface area contributed by atoms with Gasteiger partial charge >= 0.3 is 0 Å². The molecule has 0 N–H and O–H groups in total. The molecule has 122 valence electrons. The van der Waals surface area contributed by atoms with Gasteiger partial charge in [0.25, 0.3) is 0 Å². The largest absolute Gasteiger partial charge is 0.310 e. The molecule has 2 aromatic rings. The van der Waals surface area contributed by atoms with Gasteiger partial charge in [0, 0.05) is 12.4 Å². The fourth-order valence-corrected chi connectivity index (χ4v) is 1.03. The van der Waals surface area contributed by atoms with Crippen molar-refractivity contribution in [3.63, 3.8) is 0 Å². The third kappa shape index (κ3) is 10.9. The maximum atomic E-state index is 4.19. The third-order valence-corrected chi connectivity index (χ3v) is 2.86. The maximum absolute atomic E-state index is 4.19. The monoisotopic (exact) mass is 302 g/mol. The predicted octanol–water partition coefficient (Wildman–Crippen LogP) is 3.28. The van der Waals surface area contributed by atoms with Crippen LogP contribution < -0.4 is 0 Å². The molecule has 0 aliphatic rings. The molecule has 2 aromatic heterocycles. The summed E-state index contributed by atoms with van der Waals surface area (Å²) < 4.78 is 0. The molecule has 0 aromatic carbocycles. The summed E-state index contributed by atoms with van der Waals surface area (Å²) in [6, 6.07) is 11.6. The van der Waals surface area contributed by atoms with Crippen LogP contribution in [0.3, 0.4) is 0 Å². The van der Waals surface area contributed by atoms with Crippen LogP contribution in [0.1, 0.15) is 13.8 Å². The molecule has 0 radical (unpaired) electrons. The van der Waals surface area contributed by atoms with E-state index in [1.807, 2.05) is 36.4 Å². The Balaban J connectivity index is 0.000000372. The highest BCUT2D eigenvalue weighted by Crippen LogP contribution is 2.10. The lowest BCUT2D eigenvalue weighted by Crippen LogP contribution is -2.08. The van der Waals surface area contributed by atoms with Crippen LogP contribution in [0.2, 0.25) is 0 Å². The van der Waals surface area contributed by atoms with Crippen LogP contribution in [0, 0.1) is 0 Å². The Morgan fingerprint density at radius 2 is 1.00 bits per heavy atom. The molecule has 0 amide bonds. The van der Waals surface area contributed by atoms with E-state index in [1.165, 1.54) is 0 Å². The molecule has 0 bridgehead atoms. The van der Waals surface area contributed by atoms with Gasteiger partial charge in [0.1, 0.15) is 0 Å². The van der Waals surface area contributed by atoms with E-state index in [0.717, 1.165) is 24.5 Å². The lowest BCUT2D eigenvalue weighted by Gasteiger charge is -2.00. The van der Waals surface area contributed by atoms with E-state index in [4.69, 9.17) is 0 Å². The molecule has 0 aliphatic carbocycles. The molecule has 2 rings (SSSR count). The van der Waals surface area contributed by atoms with Crippen molar-refractivity contribution in [3.8, 4) is 11.4 Å². The van der Waals surface area contributed by atoms with Gasteiger partial charge in [-0.05, 0) is 65.5 Å². The van der Waals surface area contributed by atoms with E-state index in [0.29, 0.717) is 0 Å². The summed E-state index contributed by atoms with van der Waals surface area (Å²) in [5.41, 5.74) is 1.83. The van der Waals surface area contributed by atoms with Crippen LogP contribution in [0.25, 0.3) is 11.4 Å². The zero-order valence-corrected chi connectivity index (χ0v) is 14.8. The van der Waals surface area contributed by atoms with Gasteiger partial charge < -0.3 is 9.80 Å². The van der Waals surface area contributed by atoms with Gasteiger partial charge in [-0.2, -0.15) is 0 Å². The minimum absolute atomic E-state index is 0.915. The van der Waals surface area contributed by atoms with E-state index < -0.39 is 0 Å². The van der Waals surface area contributed by atoms with Crippen molar-refractivity contribution in [2.24, 2.45) is 0 Å². The summed E-state index contributed by atoms with van der Waals surface area (Å²) in [5.74, 6) is 0. The van der Waals surface area contributed by atoms with Crippen LogP contribution in [0.15, 0.2) is 48.8 Å². The number of nitrogens with zero attached hydrogens (tertiary/aromatic N) is 4. The van der Waals surface area contributed by atoms with Gasteiger partial charge in [-0.3, -0.25) is 9.97 Å². The van der Waals surface area contributed by atoms with Crippen LogP contribution in [0.5, 0.6) is 0 Å². The number of pyridine rings is 2. The van der Waals surface area contributed by atoms with Gasteiger partial charge in [0.2, 0.25) is 0 Å². The molecule has 0 atom stereocenters. The van der Waals surface area contributed by atoms with Crippen molar-refractivity contribution < 1.29 is 0 Å². The van der Waals surface area contributed by atoms with Crippen LogP contribution >= 0.6 is 0 Å². The molecule has 0 saturated carbocycles. The molecule has 0 saturated heterocycles. The topological polar surface area (TPSA) is 32.3 Å². The summed E-state index contributed by atoms with van der Waals surface area (Å²) in [4.78, 5) is 12.6. The summed E-state index contributed by atoms with van der Waals surface area (Å²) >= 11 is 0. The first-order chi connectivity index (χ1) is 10.5. The summed E-state index contributed by atoms with van der Waals surface area (Å²) in [6.07, 6.45) is 3.54. The smallest absolute Gasteiger partial charge is 0.0886 e. The van der Waals surface area contributed by atoms with Crippen molar-refractivity contribution in [1.82, 2.24) is 19.8 Å². The number of aromatic nitrogens is 2. The Labute approximate surface area is 135 Å². The fraction of sp³-hybridized carbons (Fsp3) is 0.444. The first-order valence-corrected chi connectivity index (χ1v) is 7.63. The molecular formula is C18H30N4. The average Bonchev–Trinajstić information content (AvgIpc) is 2.57. The van der Waals surface area contributed by atoms with Crippen molar-refractivity contribution in [3.05, 3.63) is 48.8 Å². The zero-order valence-electron chi connectivity index (χ0n) is 14.8. The second kappa shape index (κ2) is 12.9. The molecule has 0 unspecified atom stereocenters. The van der Waals surface area contributed by atoms with Crippen molar-refractivity contribution in [2.45, 2.75) is 13.8 Å². The first-order valence-electron chi connectivity index (χ1n) is 7.63. The van der Waals surface area contributed by atoms with Gasteiger partial charge in [-0.1, -0.05) is 26.0 Å². The van der Waals surface area contributed by atoms with Crippen LogP contribution in [0.4, 0.5) is 0 Å². The Morgan fingerprint density at radius 3 is 1.18 bits per heavy atom. The van der Waals surface area contributed by atoms with E-state index in [2.05, 4.69) is 61.8 Å². The van der Waals surface area contributed by atoms with Crippen LogP contribution in [-0.2, 0) is 0 Å². The number of hydrogen-bond donors (Lipinski definition) is 0. The highest BCUT2D eigenvalue weighted by molar-refractivity contribution is 5.52. The molecule has 4 nitrogen and oxygen atoms in total. The van der Waals surface area contributed by atoms with E-state index in [9.17, 15) is 0 Å². The lowest BCUT2D eigenvalue weighted by atomic mass is 10.2. The quantitative estimate of drug-likeness (QED) is 0.871. The van der Waals surface area contributed by atoms with E-state index >= 15 is 0 Å². The number of rotatable bonds is 3. The molecule has 22 heavy (non-hydrogen) atoms. The van der Waals surface area contributed by atoms with E-state index in [-0.39, 0.29) is 0 Å². The molecule has 0 fully saturated rings. The maximum Gasteiger partial charge on any atom is 0.0886 e. The summed E-state index contributed by atoms with van der Waals surface area (Å²) in [7, 11) is 8.22. The van der Waals surface area contributed by atoms with E-state index in [1.54, 1.807) is 12.4 Å². The van der Waals surface area contributed by atoms with Crippen molar-refractivity contribution in [2.75, 3.05) is 41.3 Å².